The van der Waals surface area contributed by atoms with Gasteiger partial charge in [-0.3, -0.25) is 0 Å². The number of rotatable bonds is 5. The molecular weight excluding hydrogens is 239 g/mol. The summed E-state index contributed by atoms with van der Waals surface area (Å²) in [4.78, 5) is 20.6. The van der Waals surface area contributed by atoms with Crippen LogP contribution >= 0.6 is 0 Å². The van der Waals surface area contributed by atoms with Crippen LogP contribution in [0.25, 0.3) is 0 Å². The number of nitroso groups, excluding NO2 is 1. The van der Waals surface area contributed by atoms with Crippen LogP contribution in [0.15, 0.2) is 23.4 Å². The predicted molar refractivity (Wildman–Crippen MR) is 53.2 cm³/mol. The third kappa shape index (κ3) is 4.21. The number of hydrogen-bond acceptors (Lipinski definition) is 4. The highest BCUT2D eigenvalue weighted by Crippen LogP contribution is 2.30. The first-order chi connectivity index (χ1) is 7.96. The molecule has 0 N–H and O–H groups in total. The highest BCUT2D eigenvalue weighted by Gasteiger charge is 2.29. The second kappa shape index (κ2) is 5.42. The fourth-order valence-electron chi connectivity index (χ4n) is 1.13. The Hall–Kier alpha value is -1.92. The van der Waals surface area contributed by atoms with Crippen LogP contribution in [0, 0.1) is 4.91 Å². The maximum absolute atomic E-state index is 11.9. The normalized spacial score (nSPS) is 11.0. The van der Waals surface area contributed by atoms with Gasteiger partial charge in [-0.05, 0) is 22.9 Å². The lowest BCUT2D eigenvalue weighted by molar-refractivity contribution is -0.153. The average molecular weight is 247 g/mol. The molecule has 7 heteroatoms. The van der Waals surface area contributed by atoms with Crippen LogP contribution in [0.5, 0.6) is 5.75 Å². The van der Waals surface area contributed by atoms with Crippen molar-refractivity contribution in [2.45, 2.75) is 12.6 Å². The molecule has 0 fully saturated rings. The molecule has 1 aromatic rings. The van der Waals surface area contributed by atoms with Crippen molar-refractivity contribution in [1.29, 1.82) is 0 Å². The number of aldehydes is 1. The lowest BCUT2D eigenvalue weighted by Gasteiger charge is -2.10. The Morgan fingerprint density at radius 2 is 2.06 bits per heavy atom. The number of alkyl halides is 3. The van der Waals surface area contributed by atoms with E-state index in [2.05, 4.69) is 9.91 Å². The zero-order valence-electron chi connectivity index (χ0n) is 8.53. The Kier molecular flexibility index (Phi) is 4.19. The van der Waals surface area contributed by atoms with Crippen molar-refractivity contribution in [3.63, 3.8) is 0 Å². The van der Waals surface area contributed by atoms with E-state index in [4.69, 9.17) is 0 Å². The molecule has 0 aliphatic rings. The number of nitrogens with zero attached hydrogens (tertiary/aromatic N) is 1. The summed E-state index contributed by atoms with van der Waals surface area (Å²) >= 11 is 0. The molecule has 0 atom stereocenters. The smallest absolute Gasteiger partial charge is 0.422 e. The number of hydrogen-bond donors (Lipinski definition) is 0. The summed E-state index contributed by atoms with van der Waals surface area (Å²) < 4.78 is 40.3. The van der Waals surface area contributed by atoms with Gasteiger partial charge >= 0.3 is 6.18 Å². The maximum Gasteiger partial charge on any atom is 0.422 e. The van der Waals surface area contributed by atoms with Crippen LogP contribution in [0.4, 0.5) is 18.9 Å². The summed E-state index contributed by atoms with van der Waals surface area (Å²) in [5, 5.41) is 2.54. The summed E-state index contributed by atoms with van der Waals surface area (Å²) in [5.41, 5.74) is 0.216. The molecule has 1 rings (SSSR count). The van der Waals surface area contributed by atoms with Crippen LogP contribution in [-0.2, 0) is 11.2 Å². The summed E-state index contributed by atoms with van der Waals surface area (Å²) in [6.07, 6.45) is -3.88. The van der Waals surface area contributed by atoms with Crippen molar-refractivity contribution >= 4 is 12.0 Å². The molecule has 0 radical (unpaired) electrons. The van der Waals surface area contributed by atoms with Gasteiger partial charge in [-0.2, -0.15) is 13.2 Å². The number of carbonyl (C=O) groups excluding carboxylic acids is 1. The highest BCUT2D eigenvalue weighted by atomic mass is 19.4. The quantitative estimate of drug-likeness (QED) is 0.593. The van der Waals surface area contributed by atoms with Crippen LogP contribution in [-0.4, -0.2) is 19.1 Å². The summed E-state index contributed by atoms with van der Waals surface area (Å²) in [6.45, 7) is -1.51. The average Bonchev–Trinajstić information content (AvgIpc) is 2.26. The fourth-order valence-corrected chi connectivity index (χ4v) is 1.13. The molecule has 0 aliphatic heterocycles. The van der Waals surface area contributed by atoms with E-state index in [9.17, 15) is 22.9 Å². The molecule has 0 aliphatic carbocycles. The maximum atomic E-state index is 11.9. The van der Waals surface area contributed by atoms with E-state index in [-0.39, 0.29) is 17.9 Å². The van der Waals surface area contributed by atoms with Gasteiger partial charge < -0.3 is 9.53 Å². The number of benzene rings is 1. The third-order valence-corrected chi connectivity index (χ3v) is 1.83. The predicted octanol–water partition coefficient (Wildman–Crippen LogP) is 2.77. The standard InChI is InChI=1S/C10H8F3NO3/c11-10(12,13)6-17-9-5-7(3-4-15)1-2-8(9)14-16/h1-2,4-5H,3,6H2. The molecule has 0 heterocycles. The zero-order chi connectivity index (χ0) is 12.9. The third-order valence-electron chi connectivity index (χ3n) is 1.83. The lowest BCUT2D eigenvalue weighted by Crippen LogP contribution is -2.19. The largest absolute Gasteiger partial charge is 0.482 e. The van der Waals surface area contributed by atoms with Crippen molar-refractivity contribution in [3.8, 4) is 5.75 Å². The van der Waals surface area contributed by atoms with E-state index < -0.39 is 12.8 Å². The molecule has 4 nitrogen and oxygen atoms in total. The second-order valence-corrected chi connectivity index (χ2v) is 3.17. The van der Waals surface area contributed by atoms with Gasteiger partial charge in [0, 0.05) is 6.42 Å². The topological polar surface area (TPSA) is 55.7 Å². The zero-order valence-corrected chi connectivity index (χ0v) is 8.53. The van der Waals surface area contributed by atoms with E-state index in [1.807, 2.05) is 0 Å². The molecule has 1 aromatic carbocycles. The van der Waals surface area contributed by atoms with Gasteiger partial charge in [0.05, 0.1) is 0 Å². The van der Waals surface area contributed by atoms with Gasteiger partial charge in [-0.25, -0.2) is 0 Å². The first-order valence-electron chi connectivity index (χ1n) is 4.56. The van der Waals surface area contributed by atoms with Gasteiger partial charge in [0.2, 0.25) is 0 Å². The van der Waals surface area contributed by atoms with Crippen molar-refractivity contribution in [2.75, 3.05) is 6.61 Å². The van der Waals surface area contributed by atoms with Gasteiger partial charge in [0.25, 0.3) is 0 Å². The van der Waals surface area contributed by atoms with Gasteiger partial charge in [0.1, 0.15) is 17.7 Å². The molecule has 0 aromatic heterocycles. The minimum atomic E-state index is -4.50. The molecule has 17 heavy (non-hydrogen) atoms. The van der Waals surface area contributed by atoms with E-state index in [1.165, 1.54) is 18.2 Å². The Bertz CT molecular complexity index is 418. The van der Waals surface area contributed by atoms with E-state index in [0.717, 1.165) is 0 Å². The van der Waals surface area contributed by atoms with Gasteiger partial charge in [-0.15, -0.1) is 4.91 Å². The van der Waals surface area contributed by atoms with Gasteiger partial charge in [-0.1, -0.05) is 6.07 Å². The summed E-state index contributed by atoms with van der Waals surface area (Å²) in [6, 6.07) is 3.82. The van der Waals surface area contributed by atoms with Crippen molar-refractivity contribution in [1.82, 2.24) is 0 Å². The number of ether oxygens (including phenoxy) is 1. The van der Waals surface area contributed by atoms with Crippen LogP contribution < -0.4 is 4.74 Å². The van der Waals surface area contributed by atoms with Crippen molar-refractivity contribution in [2.24, 2.45) is 5.18 Å². The first-order valence-corrected chi connectivity index (χ1v) is 4.56. The van der Waals surface area contributed by atoms with Crippen molar-refractivity contribution in [3.05, 3.63) is 28.7 Å². The van der Waals surface area contributed by atoms with Crippen LogP contribution in [0.1, 0.15) is 5.56 Å². The molecular formula is C10H8F3NO3. The molecule has 0 saturated carbocycles. The molecule has 0 unspecified atom stereocenters. The summed E-state index contributed by atoms with van der Waals surface area (Å²) in [7, 11) is 0. The van der Waals surface area contributed by atoms with E-state index in [0.29, 0.717) is 11.8 Å². The van der Waals surface area contributed by atoms with Crippen molar-refractivity contribution < 1.29 is 22.7 Å². The Morgan fingerprint density at radius 1 is 1.35 bits per heavy atom. The number of carbonyl (C=O) groups is 1. The Balaban J connectivity index is 2.89. The Labute approximate surface area is 94.4 Å². The minimum Gasteiger partial charge on any atom is -0.482 e. The van der Waals surface area contributed by atoms with E-state index in [1.54, 1.807) is 0 Å². The molecule has 92 valence electrons. The molecule has 0 spiro atoms. The van der Waals surface area contributed by atoms with Crippen LogP contribution in [0.3, 0.4) is 0 Å². The van der Waals surface area contributed by atoms with Crippen LogP contribution in [0.2, 0.25) is 0 Å². The first kappa shape index (κ1) is 13.1. The molecule has 0 amide bonds. The SMILES string of the molecule is O=CCc1ccc(N=O)c(OCC(F)(F)F)c1. The molecule has 0 bridgehead atoms. The van der Waals surface area contributed by atoms with E-state index >= 15 is 0 Å². The second-order valence-electron chi connectivity index (χ2n) is 3.17. The monoisotopic (exact) mass is 247 g/mol. The highest BCUT2D eigenvalue weighted by molar-refractivity contribution is 5.59. The lowest BCUT2D eigenvalue weighted by atomic mass is 10.1. The summed E-state index contributed by atoms with van der Waals surface area (Å²) in [5.74, 6) is -0.281. The fraction of sp³-hybridized carbons (Fsp3) is 0.300. The Morgan fingerprint density at radius 3 is 2.59 bits per heavy atom. The molecule has 0 saturated heterocycles. The number of halogens is 3. The minimum absolute atomic E-state index is 0.0293. The van der Waals surface area contributed by atoms with Gasteiger partial charge in [0.15, 0.2) is 6.61 Å².